The summed E-state index contributed by atoms with van der Waals surface area (Å²) in [7, 11) is 0. The first-order valence-corrected chi connectivity index (χ1v) is 10.1. The van der Waals surface area contributed by atoms with Gasteiger partial charge < -0.3 is 0 Å². The van der Waals surface area contributed by atoms with Crippen molar-refractivity contribution in [2.24, 2.45) is 0 Å². The SMILES string of the molecule is Br.C#CCc1cccc([As](c2ccccc2)c2ccccc2)c1. The third-order valence-electron chi connectivity index (χ3n) is 3.50. The Balaban J connectivity index is 0.00000192. The molecule has 0 aliphatic heterocycles. The maximum atomic E-state index is 5.47. The Morgan fingerprint density at radius 3 is 1.74 bits per heavy atom. The number of terminal acetylenes is 1. The van der Waals surface area contributed by atoms with Crippen LogP contribution in [0.5, 0.6) is 0 Å². The van der Waals surface area contributed by atoms with Crippen LogP contribution in [0.15, 0.2) is 84.9 Å². The van der Waals surface area contributed by atoms with Crippen molar-refractivity contribution in [1.29, 1.82) is 0 Å². The summed E-state index contributed by atoms with van der Waals surface area (Å²) in [5, 5.41) is 0. The summed E-state index contributed by atoms with van der Waals surface area (Å²) in [6.07, 6.45) is 6.16. The topological polar surface area (TPSA) is 0 Å². The van der Waals surface area contributed by atoms with Gasteiger partial charge in [0.1, 0.15) is 0 Å². The molecule has 0 radical (unpaired) electrons. The van der Waals surface area contributed by atoms with E-state index in [2.05, 4.69) is 90.8 Å². The zero-order chi connectivity index (χ0) is 15.2. The number of rotatable bonds is 4. The van der Waals surface area contributed by atoms with Crippen LogP contribution in [0, 0.1) is 12.3 Å². The van der Waals surface area contributed by atoms with Crippen molar-refractivity contribution in [3.63, 3.8) is 0 Å². The van der Waals surface area contributed by atoms with Gasteiger partial charge in [-0.05, 0) is 0 Å². The molecule has 114 valence electrons. The van der Waals surface area contributed by atoms with Gasteiger partial charge in [-0.1, -0.05) is 0 Å². The molecule has 0 unspecified atom stereocenters. The van der Waals surface area contributed by atoms with Crippen LogP contribution in [0.25, 0.3) is 0 Å². The van der Waals surface area contributed by atoms with Gasteiger partial charge in [0.05, 0.1) is 0 Å². The van der Waals surface area contributed by atoms with Crippen LogP contribution in [0.2, 0.25) is 0 Å². The minimum absolute atomic E-state index is 0. The van der Waals surface area contributed by atoms with Gasteiger partial charge in [-0.2, -0.15) is 0 Å². The second kappa shape index (κ2) is 8.78. The predicted octanol–water partition coefficient (Wildman–Crippen LogP) is 2.96. The van der Waals surface area contributed by atoms with Gasteiger partial charge in [-0.3, -0.25) is 0 Å². The summed E-state index contributed by atoms with van der Waals surface area (Å²) in [6.45, 7) is 0. The molecule has 0 N–H and O–H groups in total. The Morgan fingerprint density at radius 1 is 0.696 bits per heavy atom. The zero-order valence-electron chi connectivity index (χ0n) is 12.7. The molecule has 0 heterocycles. The summed E-state index contributed by atoms with van der Waals surface area (Å²) in [4.78, 5) is 0. The van der Waals surface area contributed by atoms with Crippen molar-refractivity contribution in [1.82, 2.24) is 0 Å². The van der Waals surface area contributed by atoms with Crippen LogP contribution in [0.1, 0.15) is 5.56 Å². The second-order valence-corrected chi connectivity index (χ2v) is 9.72. The molecule has 0 saturated carbocycles. The van der Waals surface area contributed by atoms with Crippen molar-refractivity contribution < 1.29 is 0 Å². The molecular weight excluding hydrogens is 407 g/mol. The molecule has 3 aromatic rings. The van der Waals surface area contributed by atoms with E-state index in [1.54, 1.807) is 0 Å². The average Bonchev–Trinajstić information content (AvgIpc) is 2.58. The fourth-order valence-corrected chi connectivity index (χ4v) is 7.49. The van der Waals surface area contributed by atoms with Gasteiger partial charge in [0, 0.05) is 0 Å². The molecule has 3 aromatic carbocycles. The third-order valence-corrected chi connectivity index (χ3v) is 8.59. The Hall–Kier alpha value is -1.74. The average molecular weight is 425 g/mol. The van der Waals surface area contributed by atoms with Crippen molar-refractivity contribution in [2.75, 3.05) is 0 Å². The van der Waals surface area contributed by atoms with E-state index in [1.165, 1.54) is 18.6 Å². The molecule has 0 amide bonds. The van der Waals surface area contributed by atoms with Gasteiger partial charge in [0.2, 0.25) is 0 Å². The molecule has 3 rings (SSSR count). The van der Waals surface area contributed by atoms with E-state index in [0.29, 0.717) is 6.42 Å². The Kier molecular flexibility index (Phi) is 6.72. The van der Waals surface area contributed by atoms with Crippen LogP contribution in [0.4, 0.5) is 0 Å². The summed E-state index contributed by atoms with van der Waals surface area (Å²) in [5.74, 6) is 2.75. The van der Waals surface area contributed by atoms with E-state index in [4.69, 9.17) is 6.42 Å². The minimum atomic E-state index is -1.51. The molecule has 0 aliphatic rings. The zero-order valence-corrected chi connectivity index (χ0v) is 16.3. The number of hydrogen-bond acceptors (Lipinski definition) is 0. The third kappa shape index (κ3) is 4.38. The summed E-state index contributed by atoms with van der Waals surface area (Å²) < 4.78 is 4.32. The van der Waals surface area contributed by atoms with Gasteiger partial charge in [-0.25, -0.2) is 0 Å². The summed E-state index contributed by atoms with van der Waals surface area (Å²) >= 11 is -1.51. The van der Waals surface area contributed by atoms with Gasteiger partial charge in [0.25, 0.3) is 0 Å². The van der Waals surface area contributed by atoms with Crippen LogP contribution >= 0.6 is 17.0 Å². The first kappa shape index (κ1) is 17.6. The Bertz CT molecular complexity index is 736. The number of hydrogen-bond donors (Lipinski definition) is 0. The molecule has 0 fully saturated rings. The van der Waals surface area contributed by atoms with Crippen LogP contribution < -0.4 is 13.1 Å². The van der Waals surface area contributed by atoms with Crippen LogP contribution in [-0.4, -0.2) is 14.7 Å². The summed E-state index contributed by atoms with van der Waals surface area (Å²) in [5.41, 5.74) is 1.23. The van der Waals surface area contributed by atoms with Crippen LogP contribution in [0.3, 0.4) is 0 Å². The van der Waals surface area contributed by atoms with E-state index >= 15 is 0 Å². The van der Waals surface area contributed by atoms with Crippen molar-refractivity contribution in [2.45, 2.75) is 6.42 Å². The van der Waals surface area contributed by atoms with Gasteiger partial charge in [0.15, 0.2) is 0 Å². The molecule has 0 saturated heterocycles. The molecule has 2 heteroatoms. The molecule has 0 bridgehead atoms. The quantitative estimate of drug-likeness (QED) is 0.446. The first-order chi connectivity index (χ1) is 10.9. The molecular formula is C21H18AsBr. The molecule has 23 heavy (non-hydrogen) atoms. The van der Waals surface area contributed by atoms with Crippen molar-refractivity contribution >= 4 is 44.7 Å². The Morgan fingerprint density at radius 2 is 1.22 bits per heavy atom. The van der Waals surface area contributed by atoms with Crippen LogP contribution in [-0.2, 0) is 6.42 Å². The van der Waals surface area contributed by atoms with Gasteiger partial charge >= 0.3 is 137 Å². The van der Waals surface area contributed by atoms with E-state index in [0.717, 1.165) is 0 Å². The number of halogens is 1. The summed E-state index contributed by atoms with van der Waals surface area (Å²) in [6, 6.07) is 30.5. The van der Waals surface area contributed by atoms with E-state index in [1.807, 2.05) is 0 Å². The Labute approximate surface area is 153 Å². The van der Waals surface area contributed by atoms with E-state index < -0.39 is 14.7 Å². The fourth-order valence-electron chi connectivity index (χ4n) is 2.52. The second-order valence-electron chi connectivity index (χ2n) is 5.06. The molecule has 0 aliphatic carbocycles. The first-order valence-electron chi connectivity index (χ1n) is 7.31. The standard InChI is InChI=1S/C21H17As.BrH/c1-2-10-18-11-9-16-21(17-18)22(19-12-5-3-6-13-19)20-14-7-4-8-15-20;/h1,3-9,11-17H,10H2;1H. The van der Waals surface area contributed by atoms with E-state index in [9.17, 15) is 0 Å². The number of benzene rings is 3. The molecule has 0 aromatic heterocycles. The monoisotopic (exact) mass is 424 g/mol. The fraction of sp³-hybridized carbons (Fsp3) is 0.0476. The normalized spacial score (nSPS) is 9.91. The van der Waals surface area contributed by atoms with Crippen molar-refractivity contribution in [3.8, 4) is 12.3 Å². The predicted molar refractivity (Wildman–Crippen MR) is 107 cm³/mol. The maximum absolute atomic E-state index is 5.47. The molecule has 0 atom stereocenters. The van der Waals surface area contributed by atoms with Gasteiger partial charge in [-0.15, -0.1) is 17.0 Å². The van der Waals surface area contributed by atoms with E-state index in [-0.39, 0.29) is 17.0 Å². The molecule has 0 nitrogen and oxygen atoms in total. The molecule has 0 spiro atoms. The van der Waals surface area contributed by atoms with Crippen molar-refractivity contribution in [3.05, 3.63) is 90.5 Å².